The number of likely N-dealkylation sites (N-methyl/N-ethyl adjacent to an activating group) is 1. The van der Waals surface area contributed by atoms with Crippen molar-refractivity contribution in [3.63, 3.8) is 0 Å². The van der Waals surface area contributed by atoms with E-state index in [4.69, 9.17) is 11.5 Å². The second-order valence-electron chi connectivity index (χ2n) is 5.45. The van der Waals surface area contributed by atoms with Gasteiger partial charge in [0.15, 0.2) is 0 Å². The van der Waals surface area contributed by atoms with Crippen LogP contribution < -0.4 is 11.5 Å². The smallest absolute Gasteiger partial charge is 0.254 e. The molecule has 0 spiro atoms. The number of hydrogen-bond acceptors (Lipinski definition) is 4. The van der Waals surface area contributed by atoms with E-state index in [0.717, 1.165) is 25.9 Å². The molecule has 5 nitrogen and oxygen atoms in total. The van der Waals surface area contributed by atoms with Crippen molar-refractivity contribution >= 4 is 17.3 Å². The standard InChI is InChI=1S/C14H22N4O/c1-17(2)9-13-4-3-5-18(13)14(19)10-6-11(15)8-12(16)7-10/h6-8,13H,3-5,9,15-16H2,1-2H3. The zero-order valence-corrected chi connectivity index (χ0v) is 11.6. The van der Waals surface area contributed by atoms with Crippen molar-refractivity contribution in [2.75, 3.05) is 38.7 Å². The molecule has 19 heavy (non-hydrogen) atoms. The third kappa shape index (κ3) is 3.17. The van der Waals surface area contributed by atoms with Crippen molar-refractivity contribution < 1.29 is 4.79 Å². The number of nitrogens with two attached hydrogens (primary N) is 2. The maximum atomic E-state index is 12.5. The maximum absolute atomic E-state index is 12.5. The lowest BCUT2D eigenvalue weighted by atomic mass is 10.1. The molecule has 1 aliphatic rings. The maximum Gasteiger partial charge on any atom is 0.254 e. The van der Waals surface area contributed by atoms with Gasteiger partial charge in [-0.1, -0.05) is 0 Å². The number of anilines is 2. The van der Waals surface area contributed by atoms with Gasteiger partial charge in [0.1, 0.15) is 0 Å². The first-order valence-electron chi connectivity index (χ1n) is 6.59. The highest BCUT2D eigenvalue weighted by molar-refractivity contribution is 5.96. The highest BCUT2D eigenvalue weighted by atomic mass is 16.2. The van der Waals surface area contributed by atoms with Crippen LogP contribution in [0, 0.1) is 0 Å². The van der Waals surface area contributed by atoms with Crippen LogP contribution in [0.2, 0.25) is 0 Å². The van der Waals surface area contributed by atoms with Crippen LogP contribution in [0.5, 0.6) is 0 Å². The summed E-state index contributed by atoms with van der Waals surface area (Å²) in [4.78, 5) is 16.6. The number of nitrogen functional groups attached to an aromatic ring is 2. The minimum absolute atomic E-state index is 0.0309. The summed E-state index contributed by atoms with van der Waals surface area (Å²) in [5, 5.41) is 0. The van der Waals surface area contributed by atoms with Gasteiger partial charge in [-0.2, -0.15) is 0 Å². The fourth-order valence-electron chi connectivity index (χ4n) is 2.68. The minimum atomic E-state index is 0.0309. The van der Waals surface area contributed by atoms with E-state index in [-0.39, 0.29) is 11.9 Å². The summed E-state index contributed by atoms with van der Waals surface area (Å²) in [5.74, 6) is 0.0309. The average Bonchev–Trinajstić information content (AvgIpc) is 2.73. The Morgan fingerprint density at radius 2 is 1.95 bits per heavy atom. The molecule has 0 aromatic heterocycles. The molecule has 1 aromatic rings. The van der Waals surface area contributed by atoms with Gasteiger partial charge in [-0.25, -0.2) is 0 Å². The van der Waals surface area contributed by atoms with Crippen molar-refractivity contribution in [2.24, 2.45) is 0 Å². The molecule has 1 fully saturated rings. The van der Waals surface area contributed by atoms with Crippen LogP contribution in [0.3, 0.4) is 0 Å². The van der Waals surface area contributed by atoms with Crippen molar-refractivity contribution in [3.8, 4) is 0 Å². The summed E-state index contributed by atoms with van der Waals surface area (Å²) in [7, 11) is 4.05. The van der Waals surface area contributed by atoms with Crippen molar-refractivity contribution in [1.82, 2.24) is 9.80 Å². The van der Waals surface area contributed by atoms with Gasteiger partial charge in [-0.15, -0.1) is 0 Å². The van der Waals surface area contributed by atoms with Gasteiger partial charge in [0.25, 0.3) is 5.91 Å². The monoisotopic (exact) mass is 262 g/mol. The molecule has 1 heterocycles. The van der Waals surface area contributed by atoms with Gasteiger partial charge in [0, 0.05) is 36.1 Å². The van der Waals surface area contributed by atoms with E-state index in [1.54, 1.807) is 18.2 Å². The number of rotatable bonds is 3. The quantitative estimate of drug-likeness (QED) is 0.797. The first kappa shape index (κ1) is 13.7. The molecule has 0 aliphatic carbocycles. The molecular weight excluding hydrogens is 240 g/mol. The van der Waals surface area contributed by atoms with Gasteiger partial charge in [0.05, 0.1) is 0 Å². The number of carbonyl (C=O) groups excluding carboxylic acids is 1. The summed E-state index contributed by atoms with van der Waals surface area (Å²) in [5.41, 5.74) is 13.2. The number of carbonyl (C=O) groups is 1. The highest BCUT2D eigenvalue weighted by Gasteiger charge is 2.29. The lowest BCUT2D eigenvalue weighted by Crippen LogP contribution is -2.41. The largest absolute Gasteiger partial charge is 0.399 e. The van der Waals surface area contributed by atoms with Crippen LogP contribution in [0.25, 0.3) is 0 Å². The highest BCUT2D eigenvalue weighted by Crippen LogP contribution is 2.22. The van der Waals surface area contributed by atoms with Gasteiger partial charge < -0.3 is 21.3 Å². The molecule has 1 unspecified atom stereocenters. The molecule has 5 heteroatoms. The SMILES string of the molecule is CN(C)CC1CCCN1C(=O)c1cc(N)cc(N)c1. The molecular formula is C14H22N4O. The molecule has 0 saturated carbocycles. The number of benzene rings is 1. The summed E-state index contributed by atoms with van der Waals surface area (Å²) in [6, 6.07) is 5.34. The Balaban J connectivity index is 2.18. The Labute approximate surface area is 114 Å². The van der Waals surface area contributed by atoms with Crippen LogP contribution in [-0.2, 0) is 0 Å². The molecule has 1 aromatic carbocycles. The van der Waals surface area contributed by atoms with E-state index in [1.807, 2.05) is 19.0 Å². The average molecular weight is 262 g/mol. The third-order valence-corrected chi connectivity index (χ3v) is 3.44. The molecule has 0 bridgehead atoms. The Morgan fingerprint density at radius 3 is 2.53 bits per heavy atom. The second kappa shape index (κ2) is 5.48. The summed E-state index contributed by atoms with van der Waals surface area (Å²) >= 11 is 0. The van der Waals surface area contributed by atoms with Gasteiger partial charge in [0.2, 0.25) is 0 Å². The van der Waals surface area contributed by atoms with E-state index in [2.05, 4.69) is 4.90 Å². The fraction of sp³-hybridized carbons (Fsp3) is 0.500. The molecule has 1 aliphatic heterocycles. The molecule has 4 N–H and O–H groups in total. The first-order valence-corrected chi connectivity index (χ1v) is 6.59. The molecule has 2 rings (SSSR count). The van der Waals surface area contributed by atoms with E-state index >= 15 is 0 Å². The van der Waals surface area contributed by atoms with Gasteiger partial charge in [-0.05, 0) is 45.1 Å². The molecule has 0 radical (unpaired) electrons. The predicted octanol–water partition coefficient (Wildman–Crippen LogP) is 1.02. The summed E-state index contributed by atoms with van der Waals surface area (Å²) in [6.45, 7) is 1.70. The second-order valence-corrected chi connectivity index (χ2v) is 5.45. The van der Waals surface area contributed by atoms with Crippen LogP contribution in [0.4, 0.5) is 11.4 Å². The Morgan fingerprint density at radius 1 is 1.32 bits per heavy atom. The molecule has 1 atom stereocenters. The molecule has 1 amide bonds. The zero-order valence-electron chi connectivity index (χ0n) is 11.6. The normalized spacial score (nSPS) is 19.1. The minimum Gasteiger partial charge on any atom is -0.399 e. The lowest BCUT2D eigenvalue weighted by molar-refractivity contribution is 0.0716. The molecule has 1 saturated heterocycles. The molecule has 104 valence electrons. The lowest BCUT2D eigenvalue weighted by Gasteiger charge is -2.27. The number of nitrogens with zero attached hydrogens (tertiary/aromatic N) is 2. The Kier molecular flexibility index (Phi) is 3.95. The van der Waals surface area contributed by atoms with Crippen LogP contribution in [0.1, 0.15) is 23.2 Å². The summed E-state index contributed by atoms with van der Waals surface area (Å²) in [6.07, 6.45) is 2.11. The predicted molar refractivity (Wildman–Crippen MR) is 77.9 cm³/mol. The topological polar surface area (TPSA) is 75.6 Å². The van der Waals surface area contributed by atoms with Crippen molar-refractivity contribution in [2.45, 2.75) is 18.9 Å². The number of hydrogen-bond donors (Lipinski definition) is 2. The van der Waals surface area contributed by atoms with Crippen molar-refractivity contribution in [3.05, 3.63) is 23.8 Å². The Bertz CT molecular complexity index is 452. The van der Waals surface area contributed by atoms with E-state index in [0.29, 0.717) is 16.9 Å². The number of likely N-dealkylation sites (tertiary alicyclic amines) is 1. The van der Waals surface area contributed by atoms with Crippen LogP contribution in [-0.4, -0.2) is 48.9 Å². The van der Waals surface area contributed by atoms with Crippen LogP contribution in [0.15, 0.2) is 18.2 Å². The zero-order chi connectivity index (χ0) is 14.0. The Hall–Kier alpha value is -1.75. The summed E-state index contributed by atoms with van der Waals surface area (Å²) < 4.78 is 0. The third-order valence-electron chi connectivity index (χ3n) is 3.44. The van der Waals surface area contributed by atoms with Crippen molar-refractivity contribution in [1.29, 1.82) is 0 Å². The van der Waals surface area contributed by atoms with Crippen LogP contribution >= 0.6 is 0 Å². The van der Waals surface area contributed by atoms with Gasteiger partial charge in [-0.3, -0.25) is 4.79 Å². The number of amides is 1. The first-order chi connectivity index (χ1) is 8.97. The van der Waals surface area contributed by atoms with Gasteiger partial charge >= 0.3 is 0 Å². The van der Waals surface area contributed by atoms with E-state index < -0.39 is 0 Å². The van der Waals surface area contributed by atoms with E-state index in [1.165, 1.54) is 0 Å². The fourth-order valence-corrected chi connectivity index (χ4v) is 2.68. The van der Waals surface area contributed by atoms with E-state index in [9.17, 15) is 4.79 Å².